The molecule has 0 spiro atoms. The predicted octanol–water partition coefficient (Wildman–Crippen LogP) is 0.907. The summed E-state index contributed by atoms with van der Waals surface area (Å²) in [5.74, 6) is 0. The van der Waals surface area contributed by atoms with Crippen molar-refractivity contribution in [3.05, 3.63) is 0 Å². The fraction of sp³-hybridized carbons (Fsp3) is 1.00. The highest BCUT2D eigenvalue weighted by atomic mass is 16.3. The van der Waals surface area contributed by atoms with Crippen molar-refractivity contribution in [2.45, 2.75) is 51.1 Å². The van der Waals surface area contributed by atoms with Crippen LogP contribution in [0.5, 0.6) is 0 Å². The van der Waals surface area contributed by atoms with E-state index in [2.05, 4.69) is 22.0 Å². The zero-order valence-corrected chi connectivity index (χ0v) is 12.5. The summed E-state index contributed by atoms with van der Waals surface area (Å²) >= 11 is 0. The fourth-order valence-electron chi connectivity index (χ4n) is 3.49. The van der Waals surface area contributed by atoms with Crippen molar-refractivity contribution in [2.75, 3.05) is 45.9 Å². The lowest BCUT2D eigenvalue weighted by Gasteiger charge is -2.42. The molecule has 0 amide bonds. The first-order valence-corrected chi connectivity index (χ1v) is 8.14. The molecule has 19 heavy (non-hydrogen) atoms. The molecule has 112 valence electrons. The molecule has 2 N–H and O–H groups in total. The topological polar surface area (TPSA) is 38.7 Å². The summed E-state index contributed by atoms with van der Waals surface area (Å²) in [6, 6.07) is 1.59. The van der Waals surface area contributed by atoms with Crippen molar-refractivity contribution in [1.82, 2.24) is 15.1 Å². The summed E-state index contributed by atoms with van der Waals surface area (Å²) in [5, 5.41) is 12.6. The molecule has 0 bridgehead atoms. The van der Waals surface area contributed by atoms with E-state index < -0.39 is 0 Å². The molecule has 1 aliphatic heterocycles. The summed E-state index contributed by atoms with van der Waals surface area (Å²) in [6.07, 6.45) is 6.67. The van der Waals surface area contributed by atoms with Crippen LogP contribution in [0.3, 0.4) is 0 Å². The van der Waals surface area contributed by atoms with Gasteiger partial charge in [-0.25, -0.2) is 0 Å². The maximum absolute atomic E-state index is 8.97. The SMILES string of the molecule is CCCNC1CCC(N2CCN(CCO)CC2)CC1. The number of aliphatic hydroxyl groups excluding tert-OH is 1. The van der Waals surface area contributed by atoms with Crippen molar-refractivity contribution in [3.8, 4) is 0 Å². The Bertz CT molecular complexity index is 234. The lowest BCUT2D eigenvalue weighted by molar-refractivity contribution is 0.0656. The van der Waals surface area contributed by atoms with Gasteiger partial charge in [0.05, 0.1) is 6.61 Å². The second-order valence-electron chi connectivity index (χ2n) is 6.06. The van der Waals surface area contributed by atoms with Crippen molar-refractivity contribution in [1.29, 1.82) is 0 Å². The number of nitrogens with zero attached hydrogens (tertiary/aromatic N) is 2. The minimum Gasteiger partial charge on any atom is -0.395 e. The number of hydrogen-bond donors (Lipinski definition) is 2. The van der Waals surface area contributed by atoms with Crippen LogP contribution in [0.1, 0.15) is 39.0 Å². The summed E-state index contributed by atoms with van der Waals surface area (Å²) in [4.78, 5) is 5.06. The average Bonchev–Trinajstić information content (AvgIpc) is 2.47. The molecule has 4 heteroatoms. The van der Waals surface area contributed by atoms with Crippen LogP contribution in [0, 0.1) is 0 Å². The summed E-state index contributed by atoms with van der Waals surface area (Å²) in [6.45, 7) is 9.22. The Kier molecular flexibility index (Phi) is 6.57. The van der Waals surface area contributed by atoms with E-state index in [0.29, 0.717) is 6.61 Å². The summed E-state index contributed by atoms with van der Waals surface area (Å²) in [7, 11) is 0. The number of rotatable bonds is 6. The molecule has 2 rings (SSSR count). The Morgan fingerprint density at radius 2 is 1.74 bits per heavy atom. The average molecular weight is 269 g/mol. The number of hydrogen-bond acceptors (Lipinski definition) is 4. The minimum atomic E-state index is 0.300. The summed E-state index contributed by atoms with van der Waals surface area (Å²) in [5.41, 5.74) is 0. The zero-order chi connectivity index (χ0) is 13.5. The van der Waals surface area contributed by atoms with Gasteiger partial charge in [0, 0.05) is 44.8 Å². The van der Waals surface area contributed by atoms with E-state index in [0.717, 1.165) is 31.7 Å². The molecule has 0 aromatic heterocycles. The number of nitrogens with one attached hydrogen (secondary N) is 1. The summed E-state index contributed by atoms with van der Waals surface area (Å²) < 4.78 is 0. The van der Waals surface area contributed by atoms with Crippen LogP contribution >= 0.6 is 0 Å². The van der Waals surface area contributed by atoms with Gasteiger partial charge in [0.15, 0.2) is 0 Å². The van der Waals surface area contributed by atoms with Gasteiger partial charge in [-0.3, -0.25) is 9.80 Å². The van der Waals surface area contributed by atoms with E-state index in [9.17, 15) is 0 Å². The lowest BCUT2D eigenvalue weighted by Crippen LogP contribution is -2.52. The second kappa shape index (κ2) is 8.20. The van der Waals surface area contributed by atoms with Gasteiger partial charge in [-0.15, -0.1) is 0 Å². The van der Waals surface area contributed by atoms with Crippen molar-refractivity contribution >= 4 is 0 Å². The third kappa shape index (κ3) is 4.71. The molecule has 4 nitrogen and oxygen atoms in total. The molecule has 0 unspecified atom stereocenters. The van der Waals surface area contributed by atoms with Gasteiger partial charge >= 0.3 is 0 Å². The molecule has 0 aromatic carbocycles. The monoisotopic (exact) mass is 269 g/mol. The first kappa shape index (κ1) is 15.2. The predicted molar refractivity (Wildman–Crippen MR) is 79.4 cm³/mol. The largest absolute Gasteiger partial charge is 0.395 e. The Labute approximate surface area is 118 Å². The van der Waals surface area contributed by atoms with Gasteiger partial charge < -0.3 is 10.4 Å². The standard InChI is InChI=1S/C15H31N3O/c1-2-7-16-14-3-5-15(6-4-14)18-10-8-17(9-11-18)12-13-19/h14-16,19H,2-13H2,1H3. The second-order valence-corrected chi connectivity index (χ2v) is 6.06. The van der Waals surface area contributed by atoms with Gasteiger partial charge in [-0.2, -0.15) is 0 Å². The van der Waals surface area contributed by atoms with Crippen LogP contribution in [-0.2, 0) is 0 Å². The van der Waals surface area contributed by atoms with Gasteiger partial charge in [0.2, 0.25) is 0 Å². The Hall–Kier alpha value is -0.160. The normalized spacial score (nSPS) is 30.6. The van der Waals surface area contributed by atoms with Gasteiger partial charge in [-0.1, -0.05) is 6.92 Å². The first-order chi connectivity index (χ1) is 9.33. The molecule has 1 saturated carbocycles. The van der Waals surface area contributed by atoms with E-state index in [4.69, 9.17) is 5.11 Å². The van der Waals surface area contributed by atoms with E-state index in [-0.39, 0.29) is 0 Å². The van der Waals surface area contributed by atoms with Crippen LogP contribution in [0.4, 0.5) is 0 Å². The fourth-order valence-corrected chi connectivity index (χ4v) is 3.49. The van der Waals surface area contributed by atoms with E-state index >= 15 is 0 Å². The van der Waals surface area contributed by atoms with Gasteiger partial charge in [0.25, 0.3) is 0 Å². The van der Waals surface area contributed by atoms with Crippen LogP contribution in [0.15, 0.2) is 0 Å². The molecule has 1 heterocycles. The molecule has 1 saturated heterocycles. The Morgan fingerprint density at radius 3 is 2.32 bits per heavy atom. The minimum absolute atomic E-state index is 0.300. The van der Waals surface area contributed by atoms with Crippen molar-refractivity contribution in [3.63, 3.8) is 0 Å². The molecule has 0 aromatic rings. The van der Waals surface area contributed by atoms with E-state index in [1.54, 1.807) is 0 Å². The molecular weight excluding hydrogens is 238 g/mol. The molecule has 1 aliphatic carbocycles. The lowest BCUT2D eigenvalue weighted by atomic mass is 9.89. The highest BCUT2D eigenvalue weighted by Crippen LogP contribution is 2.24. The van der Waals surface area contributed by atoms with Crippen LogP contribution < -0.4 is 5.32 Å². The Balaban J connectivity index is 1.65. The third-order valence-corrected chi connectivity index (χ3v) is 4.72. The quantitative estimate of drug-likeness (QED) is 0.752. The smallest absolute Gasteiger partial charge is 0.0558 e. The van der Waals surface area contributed by atoms with Crippen LogP contribution in [0.2, 0.25) is 0 Å². The molecule has 2 fully saturated rings. The highest BCUT2D eigenvalue weighted by molar-refractivity contribution is 4.85. The van der Waals surface area contributed by atoms with Crippen molar-refractivity contribution < 1.29 is 5.11 Å². The zero-order valence-electron chi connectivity index (χ0n) is 12.5. The maximum Gasteiger partial charge on any atom is 0.0558 e. The first-order valence-electron chi connectivity index (χ1n) is 8.14. The maximum atomic E-state index is 8.97. The third-order valence-electron chi connectivity index (χ3n) is 4.72. The number of aliphatic hydroxyl groups is 1. The molecular formula is C15H31N3O. The number of β-amino-alcohol motifs (C(OH)–C–C–N with tert-alkyl or cyclic N) is 1. The van der Waals surface area contributed by atoms with Gasteiger partial charge in [0.1, 0.15) is 0 Å². The van der Waals surface area contributed by atoms with Crippen LogP contribution in [-0.4, -0.2) is 72.9 Å². The van der Waals surface area contributed by atoms with Crippen molar-refractivity contribution in [2.24, 2.45) is 0 Å². The Morgan fingerprint density at radius 1 is 1.05 bits per heavy atom. The molecule has 0 atom stereocenters. The molecule has 0 radical (unpaired) electrons. The highest BCUT2D eigenvalue weighted by Gasteiger charge is 2.27. The van der Waals surface area contributed by atoms with E-state index in [1.807, 2.05) is 0 Å². The van der Waals surface area contributed by atoms with Gasteiger partial charge in [-0.05, 0) is 38.6 Å². The van der Waals surface area contributed by atoms with E-state index in [1.165, 1.54) is 51.7 Å². The molecule has 2 aliphatic rings. The number of piperazine rings is 1. The van der Waals surface area contributed by atoms with Crippen LogP contribution in [0.25, 0.3) is 0 Å².